The number of nitrogens with one attached hydrogen (secondary N) is 1. The molecule has 0 atom stereocenters. The SMILES string of the molecule is CNc1ccc2c(c1)nc(-c1ccc(OCCBr)cc1)c1cc(CC(=O)OC(C)(C)C)ccc12. The molecule has 0 amide bonds. The van der Waals surface area contributed by atoms with Crippen LogP contribution in [0.15, 0.2) is 60.7 Å². The highest BCUT2D eigenvalue weighted by molar-refractivity contribution is 9.09. The first-order chi connectivity index (χ1) is 16.3. The summed E-state index contributed by atoms with van der Waals surface area (Å²) < 4.78 is 11.2. The van der Waals surface area contributed by atoms with Gasteiger partial charge in [0.05, 0.1) is 24.2 Å². The van der Waals surface area contributed by atoms with Crippen LogP contribution in [0, 0.1) is 0 Å². The standard InChI is InChI=1S/C28H29BrN2O3/c1-28(2,3)34-26(32)16-18-5-11-22-23-12-8-20(30-4)17-25(23)31-27(24(22)15-18)19-6-9-21(10-7-19)33-14-13-29/h5-12,15,17,30H,13-14,16H2,1-4H3. The van der Waals surface area contributed by atoms with Gasteiger partial charge in [0, 0.05) is 34.4 Å². The lowest BCUT2D eigenvalue weighted by atomic mass is 9.97. The summed E-state index contributed by atoms with van der Waals surface area (Å²) in [7, 11) is 1.90. The van der Waals surface area contributed by atoms with E-state index in [0.29, 0.717) is 6.61 Å². The molecule has 0 saturated carbocycles. The number of pyridine rings is 1. The van der Waals surface area contributed by atoms with Crippen molar-refractivity contribution in [3.05, 3.63) is 66.2 Å². The molecule has 0 aliphatic carbocycles. The van der Waals surface area contributed by atoms with Crippen molar-refractivity contribution in [3.8, 4) is 17.0 Å². The number of carbonyl (C=O) groups is 1. The van der Waals surface area contributed by atoms with E-state index in [-0.39, 0.29) is 12.4 Å². The Hall–Kier alpha value is -3.12. The van der Waals surface area contributed by atoms with Gasteiger partial charge in [-0.25, -0.2) is 4.98 Å². The lowest BCUT2D eigenvalue weighted by molar-refractivity contribution is -0.153. The lowest BCUT2D eigenvalue weighted by Gasteiger charge is -2.19. The Morgan fingerprint density at radius 2 is 1.71 bits per heavy atom. The van der Waals surface area contributed by atoms with Gasteiger partial charge in [-0.15, -0.1) is 0 Å². The predicted octanol–water partition coefficient (Wildman–Crippen LogP) is 6.75. The van der Waals surface area contributed by atoms with E-state index in [4.69, 9.17) is 14.5 Å². The average Bonchev–Trinajstić information content (AvgIpc) is 2.80. The molecule has 0 aliphatic heterocycles. The number of esters is 1. The molecule has 176 valence electrons. The van der Waals surface area contributed by atoms with Crippen LogP contribution in [0.5, 0.6) is 5.75 Å². The Morgan fingerprint density at radius 1 is 0.971 bits per heavy atom. The average molecular weight is 521 g/mol. The van der Waals surface area contributed by atoms with E-state index in [0.717, 1.165) is 55.3 Å². The number of aromatic nitrogens is 1. The molecule has 0 unspecified atom stereocenters. The highest BCUT2D eigenvalue weighted by atomic mass is 79.9. The van der Waals surface area contributed by atoms with Crippen LogP contribution in [-0.4, -0.2) is 35.5 Å². The van der Waals surface area contributed by atoms with Gasteiger partial charge in [0.1, 0.15) is 11.4 Å². The van der Waals surface area contributed by atoms with Crippen molar-refractivity contribution >= 4 is 49.3 Å². The van der Waals surface area contributed by atoms with Crippen molar-refractivity contribution in [3.63, 3.8) is 0 Å². The first-order valence-corrected chi connectivity index (χ1v) is 12.4. The molecule has 0 aliphatic rings. The van der Waals surface area contributed by atoms with E-state index in [1.807, 2.05) is 64.2 Å². The second-order valence-corrected chi connectivity index (χ2v) is 9.94. The number of hydrogen-bond acceptors (Lipinski definition) is 5. The number of rotatable bonds is 7. The van der Waals surface area contributed by atoms with Gasteiger partial charge in [-0.2, -0.15) is 0 Å². The van der Waals surface area contributed by atoms with Crippen LogP contribution in [0.4, 0.5) is 5.69 Å². The third-order valence-electron chi connectivity index (χ3n) is 5.39. The first-order valence-electron chi connectivity index (χ1n) is 11.3. The summed E-state index contributed by atoms with van der Waals surface area (Å²) in [6, 6.07) is 20.3. The Morgan fingerprint density at radius 3 is 2.38 bits per heavy atom. The van der Waals surface area contributed by atoms with Gasteiger partial charge >= 0.3 is 5.97 Å². The van der Waals surface area contributed by atoms with E-state index < -0.39 is 5.60 Å². The van der Waals surface area contributed by atoms with Crippen LogP contribution in [0.25, 0.3) is 32.9 Å². The maximum absolute atomic E-state index is 12.5. The number of anilines is 1. The van der Waals surface area contributed by atoms with Gasteiger partial charge in [-0.05, 0) is 74.2 Å². The second kappa shape index (κ2) is 10.0. The van der Waals surface area contributed by atoms with E-state index in [2.05, 4.69) is 45.5 Å². The monoisotopic (exact) mass is 520 g/mol. The Labute approximate surface area is 208 Å². The molecule has 4 aromatic rings. The van der Waals surface area contributed by atoms with Gasteiger partial charge in [0.25, 0.3) is 0 Å². The highest BCUT2D eigenvalue weighted by Gasteiger charge is 2.18. The number of fused-ring (bicyclic) bond motifs is 3. The van der Waals surface area contributed by atoms with Crippen LogP contribution < -0.4 is 10.1 Å². The minimum absolute atomic E-state index is 0.211. The maximum atomic E-state index is 12.5. The molecule has 1 aromatic heterocycles. The van der Waals surface area contributed by atoms with E-state index in [1.54, 1.807) is 0 Å². The lowest BCUT2D eigenvalue weighted by Crippen LogP contribution is -2.24. The molecule has 1 N–H and O–H groups in total. The molecular formula is C28H29BrN2O3. The summed E-state index contributed by atoms with van der Waals surface area (Å²) in [6.45, 7) is 6.25. The van der Waals surface area contributed by atoms with Crippen molar-refractivity contribution in [1.82, 2.24) is 4.98 Å². The summed E-state index contributed by atoms with van der Waals surface area (Å²) in [5, 5.41) is 7.13. The van der Waals surface area contributed by atoms with Crippen molar-refractivity contribution in [2.24, 2.45) is 0 Å². The fourth-order valence-corrected chi connectivity index (χ4v) is 4.11. The van der Waals surface area contributed by atoms with Crippen molar-refractivity contribution in [2.75, 3.05) is 24.3 Å². The van der Waals surface area contributed by atoms with Crippen LogP contribution >= 0.6 is 15.9 Å². The van der Waals surface area contributed by atoms with Crippen molar-refractivity contribution in [1.29, 1.82) is 0 Å². The highest BCUT2D eigenvalue weighted by Crippen LogP contribution is 2.35. The molecule has 1 heterocycles. The number of ether oxygens (including phenoxy) is 2. The Bertz CT molecular complexity index is 1330. The summed E-state index contributed by atoms with van der Waals surface area (Å²) in [4.78, 5) is 17.5. The number of hydrogen-bond donors (Lipinski definition) is 1. The van der Waals surface area contributed by atoms with E-state index >= 15 is 0 Å². The fraction of sp³-hybridized carbons (Fsp3) is 0.286. The van der Waals surface area contributed by atoms with Gasteiger partial charge in [0.15, 0.2) is 0 Å². The minimum atomic E-state index is -0.513. The number of halogens is 1. The smallest absolute Gasteiger partial charge is 0.310 e. The zero-order valence-corrected chi connectivity index (χ0v) is 21.5. The minimum Gasteiger partial charge on any atom is -0.493 e. The maximum Gasteiger partial charge on any atom is 0.310 e. The second-order valence-electron chi connectivity index (χ2n) is 9.15. The third kappa shape index (κ3) is 5.50. The summed E-state index contributed by atoms with van der Waals surface area (Å²) in [5.74, 6) is 0.575. The number of alkyl halides is 1. The van der Waals surface area contributed by atoms with E-state index in [9.17, 15) is 4.79 Å². The first kappa shape index (κ1) is 24.0. The van der Waals surface area contributed by atoms with Crippen LogP contribution in [0.3, 0.4) is 0 Å². The van der Waals surface area contributed by atoms with Crippen LogP contribution in [0.2, 0.25) is 0 Å². The van der Waals surface area contributed by atoms with E-state index in [1.165, 1.54) is 0 Å². The number of nitrogens with zero attached hydrogens (tertiary/aromatic N) is 1. The zero-order valence-electron chi connectivity index (χ0n) is 19.9. The van der Waals surface area contributed by atoms with Gasteiger partial charge < -0.3 is 14.8 Å². The van der Waals surface area contributed by atoms with Gasteiger partial charge in [0.2, 0.25) is 0 Å². The number of carbonyl (C=O) groups excluding carboxylic acids is 1. The molecule has 0 spiro atoms. The Balaban J connectivity index is 1.83. The fourth-order valence-electron chi connectivity index (χ4n) is 3.95. The zero-order chi connectivity index (χ0) is 24.3. The van der Waals surface area contributed by atoms with Crippen LogP contribution in [-0.2, 0) is 16.0 Å². The normalized spacial score (nSPS) is 11.6. The van der Waals surface area contributed by atoms with Gasteiger partial charge in [-0.3, -0.25) is 4.79 Å². The largest absolute Gasteiger partial charge is 0.493 e. The summed E-state index contributed by atoms with van der Waals surface area (Å²) in [5.41, 5.74) is 4.16. The third-order valence-corrected chi connectivity index (χ3v) is 5.71. The van der Waals surface area contributed by atoms with Crippen LogP contribution in [0.1, 0.15) is 26.3 Å². The molecule has 6 heteroatoms. The molecule has 5 nitrogen and oxygen atoms in total. The molecule has 3 aromatic carbocycles. The molecule has 0 fully saturated rings. The molecule has 0 radical (unpaired) electrons. The Kier molecular flexibility index (Phi) is 7.08. The summed E-state index contributed by atoms with van der Waals surface area (Å²) in [6.07, 6.45) is 0.211. The predicted molar refractivity (Wildman–Crippen MR) is 143 cm³/mol. The van der Waals surface area contributed by atoms with Crippen molar-refractivity contribution in [2.45, 2.75) is 32.8 Å². The molecule has 0 bridgehead atoms. The molecular weight excluding hydrogens is 492 g/mol. The van der Waals surface area contributed by atoms with Gasteiger partial charge in [-0.1, -0.05) is 34.1 Å². The molecule has 4 rings (SSSR count). The molecule has 34 heavy (non-hydrogen) atoms. The molecule has 0 saturated heterocycles. The quantitative estimate of drug-likeness (QED) is 0.166. The topological polar surface area (TPSA) is 60.5 Å². The summed E-state index contributed by atoms with van der Waals surface area (Å²) >= 11 is 3.39. The number of benzene rings is 3. The van der Waals surface area contributed by atoms with Crippen molar-refractivity contribution < 1.29 is 14.3 Å².